The number of aryl methyl sites for hydroxylation is 1. The number of carbonyl (C=O) groups excluding carboxylic acids is 1. The second kappa shape index (κ2) is 12.1. The molecule has 0 atom stereocenters. The third kappa shape index (κ3) is 7.88. The molecule has 0 bridgehead atoms. The minimum Gasteiger partial charge on any atom is -0.425 e. The van der Waals surface area contributed by atoms with Crippen LogP contribution in [0.25, 0.3) is 0 Å². The lowest BCUT2D eigenvalue weighted by Crippen LogP contribution is -2.15. The number of nitrogens with zero attached hydrogens (tertiary/aromatic N) is 1. The van der Waals surface area contributed by atoms with Crippen molar-refractivity contribution in [1.29, 1.82) is 0 Å². The summed E-state index contributed by atoms with van der Waals surface area (Å²) < 4.78 is 5.32. The third-order valence-electron chi connectivity index (χ3n) is 5.75. The van der Waals surface area contributed by atoms with Crippen molar-refractivity contribution in [2.24, 2.45) is 11.8 Å². The highest BCUT2D eigenvalue weighted by molar-refractivity contribution is 5.72. The van der Waals surface area contributed by atoms with Crippen LogP contribution in [0.3, 0.4) is 0 Å². The van der Waals surface area contributed by atoms with Gasteiger partial charge in [0.25, 0.3) is 0 Å². The average molecular weight is 360 g/mol. The first-order valence-corrected chi connectivity index (χ1v) is 10.9. The highest BCUT2D eigenvalue weighted by Gasteiger charge is 2.20. The standard InChI is InChI=1S/C23H37NO2/c1-3-5-7-8-19-10-12-20(13-11-19)14-15-21-16-17-22(18-24-21)26-23(25)9-6-4-2/h16-20H,3-15H2,1-2H3. The molecule has 1 heterocycles. The van der Waals surface area contributed by atoms with Crippen LogP contribution in [0.15, 0.2) is 18.3 Å². The van der Waals surface area contributed by atoms with Crippen LogP contribution in [0.1, 0.15) is 96.6 Å². The van der Waals surface area contributed by atoms with Gasteiger partial charge in [0.1, 0.15) is 5.75 Å². The van der Waals surface area contributed by atoms with Gasteiger partial charge in [0.2, 0.25) is 0 Å². The van der Waals surface area contributed by atoms with E-state index in [1.807, 2.05) is 12.1 Å². The Morgan fingerprint density at radius 1 is 1.00 bits per heavy atom. The second-order valence-electron chi connectivity index (χ2n) is 7.98. The van der Waals surface area contributed by atoms with E-state index < -0.39 is 0 Å². The molecule has 0 aliphatic heterocycles. The monoisotopic (exact) mass is 359 g/mol. The van der Waals surface area contributed by atoms with Crippen LogP contribution in [0.4, 0.5) is 0 Å². The molecule has 3 heteroatoms. The summed E-state index contributed by atoms with van der Waals surface area (Å²) in [6, 6.07) is 3.90. The summed E-state index contributed by atoms with van der Waals surface area (Å²) in [7, 11) is 0. The maximum absolute atomic E-state index is 11.6. The number of hydrogen-bond acceptors (Lipinski definition) is 3. The summed E-state index contributed by atoms with van der Waals surface area (Å²) in [5.41, 5.74) is 1.11. The molecule has 1 aliphatic carbocycles. The largest absolute Gasteiger partial charge is 0.425 e. The van der Waals surface area contributed by atoms with Gasteiger partial charge in [-0.2, -0.15) is 0 Å². The van der Waals surface area contributed by atoms with Crippen LogP contribution in [0.2, 0.25) is 0 Å². The number of hydrogen-bond donors (Lipinski definition) is 0. The number of rotatable bonds is 11. The minimum atomic E-state index is -0.155. The van der Waals surface area contributed by atoms with Crippen molar-refractivity contribution < 1.29 is 9.53 Å². The number of esters is 1. The summed E-state index contributed by atoms with van der Waals surface area (Å²) in [6.45, 7) is 4.36. The van der Waals surface area contributed by atoms with E-state index in [4.69, 9.17) is 4.74 Å². The Hall–Kier alpha value is -1.38. The van der Waals surface area contributed by atoms with Gasteiger partial charge in [-0.15, -0.1) is 0 Å². The van der Waals surface area contributed by atoms with Crippen LogP contribution < -0.4 is 4.74 Å². The van der Waals surface area contributed by atoms with Gasteiger partial charge in [-0.3, -0.25) is 9.78 Å². The number of pyridine rings is 1. The Bertz CT molecular complexity index is 503. The molecule has 0 amide bonds. The lowest BCUT2D eigenvalue weighted by Gasteiger charge is -2.28. The van der Waals surface area contributed by atoms with E-state index in [2.05, 4.69) is 18.8 Å². The highest BCUT2D eigenvalue weighted by Crippen LogP contribution is 2.34. The van der Waals surface area contributed by atoms with E-state index in [-0.39, 0.29) is 5.97 Å². The maximum atomic E-state index is 11.6. The van der Waals surface area contributed by atoms with Gasteiger partial charge < -0.3 is 4.74 Å². The van der Waals surface area contributed by atoms with Crippen LogP contribution in [-0.4, -0.2) is 11.0 Å². The third-order valence-corrected chi connectivity index (χ3v) is 5.75. The topological polar surface area (TPSA) is 39.2 Å². The molecule has 0 N–H and O–H groups in total. The summed E-state index contributed by atoms with van der Waals surface area (Å²) >= 11 is 0. The molecule has 0 aromatic carbocycles. The summed E-state index contributed by atoms with van der Waals surface area (Å²) in [5.74, 6) is 2.27. The van der Waals surface area contributed by atoms with E-state index >= 15 is 0 Å². The first kappa shape index (κ1) is 20.9. The van der Waals surface area contributed by atoms with Gasteiger partial charge in [0, 0.05) is 12.1 Å². The SMILES string of the molecule is CCCCCC1CCC(CCc2ccc(OC(=O)CCCC)cn2)CC1. The minimum absolute atomic E-state index is 0.155. The van der Waals surface area contributed by atoms with E-state index in [0.717, 1.165) is 36.8 Å². The van der Waals surface area contributed by atoms with Crippen LogP contribution >= 0.6 is 0 Å². The smallest absolute Gasteiger partial charge is 0.311 e. The molecular formula is C23H37NO2. The quantitative estimate of drug-likeness (QED) is 0.334. The molecule has 1 fully saturated rings. The summed E-state index contributed by atoms with van der Waals surface area (Å²) in [5, 5.41) is 0. The Kier molecular flexibility index (Phi) is 9.73. The lowest BCUT2D eigenvalue weighted by atomic mass is 9.78. The molecule has 0 spiro atoms. The van der Waals surface area contributed by atoms with Gasteiger partial charge in [-0.05, 0) is 43.2 Å². The van der Waals surface area contributed by atoms with Crippen molar-refractivity contribution in [2.45, 2.75) is 97.3 Å². The number of unbranched alkanes of at least 4 members (excludes halogenated alkanes) is 3. The van der Waals surface area contributed by atoms with Gasteiger partial charge in [-0.25, -0.2) is 0 Å². The van der Waals surface area contributed by atoms with Crippen LogP contribution in [0.5, 0.6) is 5.75 Å². The molecule has 1 aromatic rings. The second-order valence-corrected chi connectivity index (χ2v) is 7.98. The number of ether oxygens (including phenoxy) is 1. The Balaban J connectivity index is 1.65. The van der Waals surface area contributed by atoms with Gasteiger partial charge in [0.15, 0.2) is 0 Å². The summed E-state index contributed by atoms with van der Waals surface area (Å²) in [4.78, 5) is 16.1. The molecule has 1 saturated carbocycles. The Labute approximate surface area is 159 Å². The number of carbonyl (C=O) groups is 1. The molecule has 0 radical (unpaired) electrons. The number of aromatic nitrogens is 1. The average Bonchev–Trinajstić information content (AvgIpc) is 2.67. The van der Waals surface area contributed by atoms with Gasteiger partial charge in [0.05, 0.1) is 6.20 Å². The first-order valence-electron chi connectivity index (χ1n) is 10.9. The summed E-state index contributed by atoms with van der Waals surface area (Å²) in [6.07, 6.45) is 17.6. The molecule has 146 valence electrons. The molecule has 3 nitrogen and oxygen atoms in total. The van der Waals surface area contributed by atoms with E-state index in [1.165, 1.54) is 57.8 Å². The van der Waals surface area contributed by atoms with Crippen molar-refractivity contribution >= 4 is 5.97 Å². The van der Waals surface area contributed by atoms with Crippen LogP contribution in [-0.2, 0) is 11.2 Å². The van der Waals surface area contributed by atoms with Crippen molar-refractivity contribution in [1.82, 2.24) is 4.98 Å². The molecule has 1 aromatic heterocycles. The van der Waals surface area contributed by atoms with Crippen molar-refractivity contribution in [2.75, 3.05) is 0 Å². The zero-order valence-electron chi connectivity index (χ0n) is 16.8. The molecule has 2 rings (SSSR count). The fraction of sp³-hybridized carbons (Fsp3) is 0.739. The molecule has 26 heavy (non-hydrogen) atoms. The first-order chi connectivity index (χ1) is 12.7. The normalized spacial score (nSPS) is 20.1. The molecule has 1 aliphatic rings. The predicted octanol–water partition coefficient (Wildman–Crippen LogP) is 6.50. The van der Waals surface area contributed by atoms with Crippen molar-refractivity contribution in [3.05, 3.63) is 24.0 Å². The van der Waals surface area contributed by atoms with Crippen molar-refractivity contribution in [3.63, 3.8) is 0 Å². The maximum Gasteiger partial charge on any atom is 0.311 e. The van der Waals surface area contributed by atoms with E-state index in [0.29, 0.717) is 12.2 Å². The molecular weight excluding hydrogens is 322 g/mol. The van der Waals surface area contributed by atoms with Gasteiger partial charge in [-0.1, -0.05) is 71.6 Å². The Morgan fingerprint density at radius 3 is 2.31 bits per heavy atom. The molecule has 0 saturated heterocycles. The Morgan fingerprint density at radius 2 is 1.69 bits per heavy atom. The highest BCUT2D eigenvalue weighted by atomic mass is 16.5. The van der Waals surface area contributed by atoms with E-state index in [9.17, 15) is 4.79 Å². The zero-order valence-corrected chi connectivity index (χ0v) is 16.8. The fourth-order valence-electron chi connectivity index (χ4n) is 3.97. The molecule has 0 unspecified atom stereocenters. The van der Waals surface area contributed by atoms with Crippen LogP contribution in [0, 0.1) is 11.8 Å². The lowest BCUT2D eigenvalue weighted by molar-refractivity contribution is -0.134. The van der Waals surface area contributed by atoms with E-state index in [1.54, 1.807) is 6.20 Å². The van der Waals surface area contributed by atoms with Crippen molar-refractivity contribution in [3.8, 4) is 5.75 Å². The predicted molar refractivity (Wildman–Crippen MR) is 107 cm³/mol. The zero-order chi connectivity index (χ0) is 18.6. The fourth-order valence-corrected chi connectivity index (χ4v) is 3.97. The van der Waals surface area contributed by atoms with Gasteiger partial charge >= 0.3 is 5.97 Å².